The summed E-state index contributed by atoms with van der Waals surface area (Å²) in [6.07, 6.45) is 8.28. The first kappa shape index (κ1) is 28.3. The molecule has 40 heavy (non-hydrogen) atoms. The third-order valence-electron chi connectivity index (χ3n) is 7.11. The van der Waals surface area contributed by atoms with Crippen molar-refractivity contribution < 1.29 is 17.9 Å². The Morgan fingerprint density at radius 2 is 1.93 bits per heavy atom. The number of nitrogens with one attached hydrogen (secondary N) is 1. The summed E-state index contributed by atoms with van der Waals surface area (Å²) in [4.78, 5) is 26.4. The van der Waals surface area contributed by atoms with Gasteiger partial charge in [0.05, 0.1) is 21.2 Å². The number of sulfonamides is 1. The number of carbonyl (C=O) groups is 1. The van der Waals surface area contributed by atoms with Crippen LogP contribution in [0.2, 0.25) is 0 Å². The zero-order chi connectivity index (χ0) is 28.5. The Kier molecular flexibility index (Phi) is 8.03. The number of pyridine rings is 2. The van der Waals surface area contributed by atoms with Crippen molar-refractivity contribution in [2.24, 2.45) is 5.92 Å². The van der Waals surface area contributed by atoms with Crippen LogP contribution in [0.5, 0.6) is 0 Å². The highest BCUT2D eigenvalue weighted by atomic mass is 32.2. The van der Waals surface area contributed by atoms with E-state index in [1.165, 1.54) is 19.3 Å². The standard InChI is InChI=1S/C30H34N4O4S2/c1-19(2)34-40(36,37)27-12-11-23(22-13-14-31-17-24(22)27)28-26(15-20-7-5-8-20)33-29(39-28)25-10-6-9-21(32-25)16-30(3,4)38-18-35/h6,9-14,17-20,34H,5,7-8,15-16H2,1-4H3. The minimum atomic E-state index is -3.72. The number of ether oxygens (including phenoxy) is 1. The Morgan fingerprint density at radius 3 is 2.62 bits per heavy atom. The predicted molar refractivity (Wildman–Crippen MR) is 158 cm³/mol. The number of rotatable bonds is 11. The van der Waals surface area contributed by atoms with Crippen molar-refractivity contribution >= 4 is 38.6 Å². The molecule has 0 saturated heterocycles. The summed E-state index contributed by atoms with van der Waals surface area (Å²) in [5, 5.41) is 2.21. The van der Waals surface area contributed by atoms with Gasteiger partial charge in [-0.15, -0.1) is 11.3 Å². The molecular weight excluding hydrogens is 544 g/mol. The molecule has 4 aromatic rings. The number of carbonyl (C=O) groups excluding carboxylic acids is 1. The molecular formula is C30H34N4O4S2. The van der Waals surface area contributed by atoms with Crippen LogP contribution in [0, 0.1) is 5.92 Å². The van der Waals surface area contributed by atoms with Gasteiger partial charge < -0.3 is 4.74 Å². The topological polar surface area (TPSA) is 111 Å². The van der Waals surface area contributed by atoms with E-state index in [1.54, 1.807) is 43.6 Å². The van der Waals surface area contributed by atoms with E-state index in [0.717, 1.165) is 44.3 Å². The average molecular weight is 579 g/mol. The van der Waals surface area contributed by atoms with Gasteiger partial charge in [0.2, 0.25) is 10.0 Å². The van der Waals surface area contributed by atoms with E-state index in [-0.39, 0.29) is 10.9 Å². The summed E-state index contributed by atoms with van der Waals surface area (Å²) >= 11 is 1.57. The molecule has 0 atom stereocenters. The Morgan fingerprint density at radius 1 is 1.12 bits per heavy atom. The van der Waals surface area contributed by atoms with Gasteiger partial charge in [0.1, 0.15) is 10.6 Å². The maximum atomic E-state index is 13.1. The highest BCUT2D eigenvalue weighted by molar-refractivity contribution is 7.89. The molecule has 0 spiro atoms. The summed E-state index contributed by atoms with van der Waals surface area (Å²) in [6.45, 7) is 7.79. The van der Waals surface area contributed by atoms with E-state index in [0.29, 0.717) is 24.2 Å². The lowest BCUT2D eigenvalue weighted by Crippen LogP contribution is -2.30. The van der Waals surface area contributed by atoms with E-state index >= 15 is 0 Å². The van der Waals surface area contributed by atoms with Gasteiger partial charge in [-0.05, 0) is 69.7 Å². The number of nitrogens with zero attached hydrogens (tertiary/aromatic N) is 3. The van der Waals surface area contributed by atoms with Crippen LogP contribution in [0.1, 0.15) is 58.3 Å². The summed E-state index contributed by atoms with van der Waals surface area (Å²) in [5.41, 5.74) is 2.85. The van der Waals surface area contributed by atoms with Gasteiger partial charge in [0.15, 0.2) is 0 Å². The second-order valence-electron chi connectivity index (χ2n) is 11.3. The maximum absolute atomic E-state index is 13.1. The number of hydrogen-bond donors (Lipinski definition) is 1. The molecule has 8 nitrogen and oxygen atoms in total. The van der Waals surface area contributed by atoms with E-state index < -0.39 is 15.6 Å². The Balaban J connectivity index is 1.60. The summed E-state index contributed by atoms with van der Waals surface area (Å²) in [7, 11) is -3.72. The Labute approximate surface area is 239 Å². The molecule has 0 amide bonds. The zero-order valence-corrected chi connectivity index (χ0v) is 24.8. The van der Waals surface area contributed by atoms with E-state index in [4.69, 9.17) is 14.7 Å². The van der Waals surface area contributed by atoms with Gasteiger partial charge in [-0.2, -0.15) is 0 Å². The first-order chi connectivity index (χ1) is 19.1. The number of fused-ring (bicyclic) bond motifs is 1. The van der Waals surface area contributed by atoms with Crippen molar-refractivity contribution in [3.63, 3.8) is 0 Å². The van der Waals surface area contributed by atoms with Gasteiger partial charge in [0.25, 0.3) is 6.47 Å². The smallest absolute Gasteiger partial charge is 0.293 e. The number of hydrogen-bond acceptors (Lipinski definition) is 8. The van der Waals surface area contributed by atoms with Gasteiger partial charge in [0, 0.05) is 41.5 Å². The fourth-order valence-electron chi connectivity index (χ4n) is 5.06. The molecule has 1 saturated carbocycles. The molecule has 0 radical (unpaired) electrons. The molecule has 1 N–H and O–H groups in total. The molecule has 3 aromatic heterocycles. The lowest BCUT2D eigenvalue weighted by molar-refractivity contribution is -0.140. The van der Waals surface area contributed by atoms with Gasteiger partial charge in [-0.3, -0.25) is 14.8 Å². The summed E-state index contributed by atoms with van der Waals surface area (Å²) in [5.74, 6) is 0.595. The Hall–Kier alpha value is -3.21. The van der Waals surface area contributed by atoms with E-state index in [1.807, 2.05) is 44.2 Å². The van der Waals surface area contributed by atoms with E-state index in [2.05, 4.69) is 9.71 Å². The first-order valence-electron chi connectivity index (χ1n) is 13.5. The third kappa shape index (κ3) is 6.09. The van der Waals surface area contributed by atoms with Gasteiger partial charge in [-0.25, -0.2) is 18.1 Å². The van der Waals surface area contributed by atoms with Crippen LogP contribution in [0.4, 0.5) is 0 Å². The summed E-state index contributed by atoms with van der Waals surface area (Å²) in [6, 6.07) is 11.0. The lowest BCUT2D eigenvalue weighted by atomic mass is 9.81. The SMILES string of the molecule is CC(C)NS(=O)(=O)c1ccc(-c2sc(-c3cccc(CC(C)(C)OC=O)n3)nc2CC2CCC2)c2ccncc12. The molecule has 1 fully saturated rings. The van der Waals surface area contributed by atoms with Crippen LogP contribution < -0.4 is 4.72 Å². The van der Waals surface area contributed by atoms with Crippen molar-refractivity contribution in [1.82, 2.24) is 19.7 Å². The quantitative estimate of drug-likeness (QED) is 0.219. The predicted octanol–water partition coefficient (Wildman–Crippen LogP) is 5.94. The zero-order valence-electron chi connectivity index (χ0n) is 23.2. The van der Waals surface area contributed by atoms with E-state index in [9.17, 15) is 13.2 Å². The largest absolute Gasteiger partial charge is 0.461 e. The van der Waals surface area contributed by atoms with Crippen LogP contribution in [-0.4, -0.2) is 41.5 Å². The first-order valence-corrected chi connectivity index (χ1v) is 15.8. The van der Waals surface area contributed by atoms with Crippen LogP contribution in [0.25, 0.3) is 31.9 Å². The molecule has 0 unspecified atom stereocenters. The highest BCUT2D eigenvalue weighted by Gasteiger charge is 2.26. The van der Waals surface area contributed by atoms with Crippen molar-refractivity contribution in [2.45, 2.75) is 76.3 Å². The van der Waals surface area contributed by atoms with Gasteiger partial charge in [-0.1, -0.05) is 31.4 Å². The van der Waals surface area contributed by atoms with Crippen LogP contribution in [-0.2, 0) is 32.4 Å². The maximum Gasteiger partial charge on any atom is 0.293 e. The van der Waals surface area contributed by atoms with Crippen molar-refractivity contribution in [3.8, 4) is 21.1 Å². The molecule has 10 heteroatoms. The average Bonchev–Trinajstić information content (AvgIpc) is 3.28. The molecule has 0 bridgehead atoms. The third-order valence-corrected chi connectivity index (χ3v) is 9.98. The Bertz CT molecular complexity index is 1640. The highest BCUT2D eigenvalue weighted by Crippen LogP contribution is 2.42. The van der Waals surface area contributed by atoms with Crippen molar-refractivity contribution in [1.29, 1.82) is 0 Å². The molecule has 210 valence electrons. The number of aromatic nitrogens is 3. The number of benzene rings is 1. The molecule has 1 aliphatic carbocycles. The second kappa shape index (κ2) is 11.3. The van der Waals surface area contributed by atoms with Crippen LogP contribution in [0.3, 0.4) is 0 Å². The monoisotopic (exact) mass is 578 g/mol. The second-order valence-corrected chi connectivity index (χ2v) is 14.0. The van der Waals surface area contributed by atoms with Crippen LogP contribution >= 0.6 is 11.3 Å². The molecule has 5 rings (SSSR count). The fourth-order valence-corrected chi connectivity index (χ4v) is 7.61. The molecule has 1 aromatic carbocycles. The minimum absolute atomic E-state index is 0.216. The lowest BCUT2D eigenvalue weighted by Gasteiger charge is -2.24. The molecule has 0 aliphatic heterocycles. The molecule has 1 aliphatic rings. The van der Waals surface area contributed by atoms with Gasteiger partial charge >= 0.3 is 0 Å². The normalized spacial score (nSPS) is 14.4. The van der Waals surface area contributed by atoms with Crippen molar-refractivity contribution in [2.75, 3.05) is 0 Å². The van der Waals surface area contributed by atoms with Crippen LogP contribution in [0.15, 0.2) is 53.7 Å². The summed E-state index contributed by atoms with van der Waals surface area (Å²) < 4.78 is 34.2. The molecule has 3 heterocycles. The van der Waals surface area contributed by atoms with Crippen molar-refractivity contribution in [3.05, 3.63) is 60.2 Å². The fraction of sp³-hybridized carbons (Fsp3) is 0.400. The minimum Gasteiger partial charge on any atom is -0.461 e. The number of thiazole rings is 1.